The summed E-state index contributed by atoms with van der Waals surface area (Å²) in [5.41, 5.74) is 7.36. The van der Waals surface area contributed by atoms with E-state index >= 15 is 0 Å². The van der Waals surface area contributed by atoms with Crippen LogP contribution in [0.25, 0.3) is 0 Å². The molecule has 0 aliphatic rings. The molecule has 6 heteroatoms. The maximum absolute atomic E-state index is 12.6. The van der Waals surface area contributed by atoms with E-state index in [0.717, 1.165) is 11.1 Å². The first kappa shape index (κ1) is 18.0. The number of oxime groups is 1. The Bertz CT molecular complexity index is 676. The summed E-state index contributed by atoms with van der Waals surface area (Å²) in [7, 11) is 0. The molecule has 0 bridgehead atoms. The normalized spacial score (nSPS) is 12.0. The van der Waals surface area contributed by atoms with Gasteiger partial charge in [0.2, 0.25) is 0 Å². The monoisotopic (exact) mass is 345 g/mol. The van der Waals surface area contributed by atoms with Gasteiger partial charge in [0, 0.05) is 23.0 Å². The van der Waals surface area contributed by atoms with E-state index < -0.39 is 0 Å². The van der Waals surface area contributed by atoms with Crippen LogP contribution in [0.2, 0.25) is 0 Å². The van der Waals surface area contributed by atoms with Crippen LogP contribution < -0.4 is 5.73 Å². The third-order valence-electron chi connectivity index (χ3n) is 3.46. The SMILES string of the molecule is CC(C)(C)N(Cc1ccccc1)C(=O)CO/N=C(/N)c1ccsc1. The molecule has 0 saturated carbocycles. The van der Waals surface area contributed by atoms with Crippen LogP contribution >= 0.6 is 11.3 Å². The number of amidine groups is 1. The van der Waals surface area contributed by atoms with E-state index in [1.165, 1.54) is 11.3 Å². The molecule has 0 spiro atoms. The highest BCUT2D eigenvalue weighted by molar-refractivity contribution is 7.08. The molecular formula is C18H23N3O2S. The fourth-order valence-electron chi connectivity index (χ4n) is 2.16. The number of thiophene rings is 1. The first-order valence-electron chi connectivity index (χ1n) is 7.70. The number of nitrogens with zero attached hydrogens (tertiary/aromatic N) is 2. The smallest absolute Gasteiger partial charge is 0.264 e. The second-order valence-corrected chi connectivity index (χ2v) is 7.18. The third kappa shape index (κ3) is 5.09. The summed E-state index contributed by atoms with van der Waals surface area (Å²) in [6.07, 6.45) is 0. The molecule has 2 aromatic rings. The van der Waals surface area contributed by atoms with Gasteiger partial charge in [0.05, 0.1) is 0 Å². The summed E-state index contributed by atoms with van der Waals surface area (Å²) in [6, 6.07) is 11.7. The molecule has 0 aliphatic heterocycles. The van der Waals surface area contributed by atoms with Crippen molar-refractivity contribution in [1.82, 2.24) is 4.90 Å². The van der Waals surface area contributed by atoms with E-state index in [2.05, 4.69) is 5.16 Å². The molecule has 1 aromatic heterocycles. The Morgan fingerprint density at radius 3 is 2.54 bits per heavy atom. The molecule has 0 atom stereocenters. The first-order valence-corrected chi connectivity index (χ1v) is 8.64. The van der Waals surface area contributed by atoms with Gasteiger partial charge in [-0.25, -0.2) is 0 Å². The fraction of sp³-hybridized carbons (Fsp3) is 0.333. The molecule has 128 valence electrons. The van der Waals surface area contributed by atoms with Crippen LogP contribution in [0.3, 0.4) is 0 Å². The Labute approximate surface area is 146 Å². The molecule has 24 heavy (non-hydrogen) atoms. The van der Waals surface area contributed by atoms with Gasteiger partial charge >= 0.3 is 0 Å². The molecule has 2 rings (SSSR count). The van der Waals surface area contributed by atoms with Crippen LogP contribution in [-0.4, -0.2) is 28.8 Å². The lowest BCUT2D eigenvalue weighted by Crippen LogP contribution is -2.46. The fourth-order valence-corrected chi connectivity index (χ4v) is 2.81. The number of rotatable bonds is 6. The Morgan fingerprint density at radius 2 is 1.96 bits per heavy atom. The topological polar surface area (TPSA) is 67.9 Å². The minimum atomic E-state index is -0.321. The standard InChI is InChI=1S/C18H23N3O2S/c1-18(2,3)21(11-14-7-5-4-6-8-14)16(22)12-23-20-17(19)15-9-10-24-13-15/h4-10,13H,11-12H2,1-3H3,(H2,19,20). The molecule has 1 aromatic carbocycles. The summed E-state index contributed by atoms with van der Waals surface area (Å²) in [5, 5.41) is 7.61. The van der Waals surface area contributed by atoms with Crippen molar-refractivity contribution in [3.63, 3.8) is 0 Å². The molecule has 5 nitrogen and oxygen atoms in total. The van der Waals surface area contributed by atoms with Crippen molar-refractivity contribution in [2.75, 3.05) is 6.61 Å². The molecular weight excluding hydrogens is 322 g/mol. The van der Waals surface area contributed by atoms with E-state index in [0.29, 0.717) is 6.54 Å². The highest BCUT2D eigenvalue weighted by atomic mass is 32.1. The van der Waals surface area contributed by atoms with Gasteiger partial charge in [-0.3, -0.25) is 4.79 Å². The number of nitrogens with two attached hydrogens (primary N) is 1. The van der Waals surface area contributed by atoms with E-state index in [1.807, 2.05) is 67.9 Å². The van der Waals surface area contributed by atoms with E-state index in [9.17, 15) is 4.79 Å². The van der Waals surface area contributed by atoms with Crippen molar-refractivity contribution in [3.8, 4) is 0 Å². The van der Waals surface area contributed by atoms with Crippen molar-refractivity contribution in [2.24, 2.45) is 10.9 Å². The van der Waals surface area contributed by atoms with Crippen molar-refractivity contribution in [2.45, 2.75) is 32.9 Å². The number of benzene rings is 1. The van der Waals surface area contributed by atoms with Gasteiger partial charge in [-0.15, -0.1) is 0 Å². The van der Waals surface area contributed by atoms with Gasteiger partial charge in [-0.2, -0.15) is 11.3 Å². The number of carbonyl (C=O) groups is 1. The number of amides is 1. The quantitative estimate of drug-likeness (QED) is 0.496. The van der Waals surface area contributed by atoms with Crippen LogP contribution in [0.15, 0.2) is 52.3 Å². The predicted octanol–water partition coefficient (Wildman–Crippen LogP) is 3.21. The predicted molar refractivity (Wildman–Crippen MR) is 97.7 cm³/mol. The largest absolute Gasteiger partial charge is 0.384 e. The molecule has 0 unspecified atom stereocenters. The Morgan fingerprint density at radius 1 is 1.25 bits per heavy atom. The van der Waals surface area contributed by atoms with Crippen LogP contribution in [0.4, 0.5) is 0 Å². The minimum absolute atomic E-state index is 0.131. The Balaban J connectivity index is 1.99. The van der Waals surface area contributed by atoms with Crippen molar-refractivity contribution in [3.05, 3.63) is 58.3 Å². The molecule has 0 saturated heterocycles. The van der Waals surface area contributed by atoms with Crippen molar-refractivity contribution < 1.29 is 9.63 Å². The average Bonchev–Trinajstić information content (AvgIpc) is 3.07. The van der Waals surface area contributed by atoms with Gasteiger partial charge in [-0.1, -0.05) is 35.5 Å². The maximum atomic E-state index is 12.6. The molecule has 1 heterocycles. The summed E-state index contributed by atoms with van der Waals surface area (Å²) in [5.74, 6) is 0.141. The lowest BCUT2D eigenvalue weighted by molar-refractivity contribution is -0.141. The molecule has 0 aliphatic carbocycles. The number of hydrogen-bond acceptors (Lipinski definition) is 4. The second kappa shape index (κ2) is 7.97. The van der Waals surface area contributed by atoms with Crippen LogP contribution in [0.1, 0.15) is 31.9 Å². The van der Waals surface area contributed by atoms with Gasteiger partial charge in [0.1, 0.15) is 0 Å². The summed E-state index contributed by atoms with van der Waals surface area (Å²) < 4.78 is 0. The second-order valence-electron chi connectivity index (χ2n) is 6.40. The molecule has 0 radical (unpaired) electrons. The highest BCUT2D eigenvalue weighted by Gasteiger charge is 2.26. The number of hydrogen-bond donors (Lipinski definition) is 1. The third-order valence-corrected chi connectivity index (χ3v) is 4.15. The van der Waals surface area contributed by atoms with Gasteiger partial charge in [0.15, 0.2) is 12.4 Å². The summed E-state index contributed by atoms with van der Waals surface area (Å²) in [4.78, 5) is 19.5. The van der Waals surface area contributed by atoms with Crippen molar-refractivity contribution >= 4 is 23.1 Å². The van der Waals surface area contributed by atoms with Crippen LogP contribution in [0.5, 0.6) is 0 Å². The molecule has 2 N–H and O–H groups in total. The summed E-state index contributed by atoms with van der Waals surface area (Å²) in [6.45, 7) is 6.37. The highest BCUT2D eigenvalue weighted by Crippen LogP contribution is 2.18. The Kier molecular flexibility index (Phi) is 5.98. The van der Waals surface area contributed by atoms with E-state index in [-0.39, 0.29) is 23.9 Å². The molecule has 0 fully saturated rings. The van der Waals surface area contributed by atoms with E-state index in [4.69, 9.17) is 10.6 Å². The van der Waals surface area contributed by atoms with Crippen LogP contribution in [-0.2, 0) is 16.2 Å². The van der Waals surface area contributed by atoms with Gasteiger partial charge in [0.25, 0.3) is 5.91 Å². The Hall–Kier alpha value is -2.34. The van der Waals surface area contributed by atoms with Gasteiger partial charge < -0.3 is 15.5 Å². The first-order chi connectivity index (χ1) is 11.4. The lowest BCUT2D eigenvalue weighted by atomic mass is 10.0. The number of carbonyl (C=O) groups excluding carboxylic acids is 1. The van der Waals surface area contributed by atoms with Crippen LogP contribution in [0, 0.1) is 0 Å². The van der Waals surface area contributed by atoms with Crippen molar-refractivity contribution in [1.29, 1.82) is 0 Å². The zero-order valence-corrected chi connectivity index (χ0v) is 15.0. The zero-order chi connectivity index (χ0) is 17.6. The lowest BCUT2D eigenvalue weighted by Gasteiger charge is -2.35. The minimum Gasteiger partial charge on any atom is -0.384 e. The van der Waals surface area contributed by atoms with Gasteiger partial charge in [-0.05, 0) is 37.8 Å². The molecule has 1 amide bonds. The average molecular weight is 345 g/mol. The zero-order valence-electron chi connectivity index (χ0n) is 14.2. The summed E-state index contributed by atoms with van der Waals surface area (Å²) >= 11 is 1.53. The maximum Gasteiger partial charge on any atom is 0.264 e. The van der Waals surface area contributed by atoms with E-state index in [1.54, 1.807) is 4.90 Å².